The zero-order chi connectivity index (χ0) is 22.1. The van der Waals surface area contributed by atoms with Crippen LogP contribution in [-0.2, 0) is 4.79 Å². The average Bonchev–Trinajstić information content (AvgIpc) is 3.48. The summed E-state index contributed by atoms with van der Waals surface area (Å²) in [5.41, 5.74) is 6.55. The maximum atomic E-state index is 12.9. The van der Waals surface area contributed by atoms with Gasteiger partial charge in [-0.25, -0.2) is 0 Å². The number of amidine groups is 1. The van der Waals surface area contributed by atoms with Crippen molar-refractivity contribution in [2.45, 2.75) is 38.9 Å². The molecule has 1 unspecified atom stereocenters. The number of hydrazone groups is 1. The van der Waals surface area contributed by atoms with Crippen LogP contribution in [-0.4, -0.2) is 53.4 Å². The molecule has 4 heterocycles. The van der Waals surface area contributed by atoms with Crippen LogP contribution in [0.15, 0.2) is 53.0 Å². The first-order valence-corrected chi connectivity index (χ1v) is 12.1. The molecule has 0 fully saturated rings. The van der Waals surface area contributed by atoms with Gasteiger partial charge >= 0.3 is 0 Å². The fourth-order valence-corrected chi connectivity index (χ4v) is 5.42. The van der Waals surface area contributed by atoms with Gasteiger partial charge in [0, 0.05) is 32.5 Å². The third kappa shape index (κ3) is 3.68. The summed E-state index contributed by atoms with van der Waals surface area (Å²) in [5.74, 6) is 1.00. The Kier molecular flexibility index (Phi) is 5.70. The van der Waals surface area contributed by atoms with Crippen molar-refractivity contribution in [1.82, 2.24) is 15.2 Å². The van der Waals surface area contributed by atoms with Crippen LogP contribution in [0.3, 0.4) is 0 Å². The third-order valence-electron chi connectivity index (χ3n) is 6.22. The molecule has 2 aromatic rings. The minimum Gasteiger partial charge on any atom is -0.339 e. The number of thiophene rings is 1. The summed E-state index contributed by atoms with van der Waals surface area (Å²) < 4.78 is 0. The van der Waals surface area contributed by atoms with Crippen molar-refractivity contribution in [1.29, 1.82) is 0 Å². The van der Waals surface area contributed by atoms with E-state index in [4.69, 9.17) is 0 Å². The number of amides is 2. The lowest BCUT2D eigenvalue weighted by molar-refractivity contribution is -0.130. The van der Waals surface area contributed by atoms with Crippen LogP contribution < -0.4 is 10.3 Å². The molecule has 1 N–H and O–H groups in total. The average molecular weight is 450 g/mol. The lowest BCUT2D eigenvalue weighted by atomic mass is 9.99. The van der Waals surface area contributed by atoms with E-state index in [-0.39, 0.29) is 18.1 Å². The molecule has 0 bridgehead atoms. The number of nitrogens with zero attached hydrogens (tertiary/aromatic N) is 4. The standard InChI is InChI=1S/C24H27N5O2S/c1-2-13-28-23(31)22-19(12-16-32-22)29-20(25-26-24(28)29)8-9-21(30)27-14-10-18(11-15-27)17-6-4-3-5-7-17/h3-7,10,12,16,24,26H,2,8-9,11,13-15H2,1H3. The normalized spacial score (nSPS) is 19.8. The Morgan fingerprint density at radius 1 is 1.25 bits per heavy atom. The summed E-state index contributed by atoms with van der Waals surface area (Å²) >= 11 is 1.46. The summed E-state index contributed by atoms with van der Waals surface area (Å²) in [6, 6.07) is 12.3. The number of anilines is 1. The van der Waals surface area contributed by atoms with Crippen molar-refractivity contribution in [2.75, 3.05) is 24.5 Å². The van der Waals surface area contributed by atoms with E-state index in [1.165, 1.54) is 22.5 Å². The summed E-state index contributed by atoms with van der Waals surface area (Å²) in [6.07, 6.45) is 4.55. The quantitative estimate of drug-likeness (QED) is 0.730. The number of nitrogens with one attached hydrogen (secondary N) is 1. The van der Waals surface area contributed by atoms with Crippen molar-refractivity contribution in [3.05, 3.63) is 58.3 Å². The summed E-state index contributed by atoms with van der Waals surface area (Å²) in [7, 11) is 0. The van der Waals surface area contributed by atoms with Gasteiger partial charge in [-0.15, -0.1) is 11.3 Å². The van der Waals surface area contributed by atoms with E-state index >= 15 is 0 Å². The molecule has 3 aliphatic rings. The molecule has 0 saturated carbocycles. The summed E-state index contributed by atoms with van der Waals surface area (Å²) in [5, 5.41) is 6.46. The second kappa shape index (κ2) is 8.78. The lowest BCUT2D eigenvalue weighted by Crippen LogP contribution is -2.58. The predicted octanol–water partition coefficient (Wildman–Crippen LogP) is 3.72. The SMILES string of the molecule is CCCN1C(=O)c2sccc2N2C(CCC(=O)N3CC=C(c4ccccc4)CC3)=NNC12. The highest BCUT2D eigenvalue weighted by molar-refractivity contribution is 7.12. The second-order valence-electron chi connectivity index (χ2n) is 8.22. The first-order chi connectivity index (χ1) is 15.7. The second-order valence-corrected chi connectivity index (χ2v) is 9.14. The maximum absolute atomic E-state index is 12.9. The molecule has 166 valence electrons. The third-order valence-corrected chi connectivity index (χ3v) is 7.11. The molecule has 3 aliphatic heterocycles. The van der Waals surface area contributed by atoms with Crippen LogP contribution in [0.1, 0.15) is 47.8 Å². The van der Waals surface area contributed by atoms with Crippen molar-refractivity contribution in [3.63, 3.8) is 0 Å². The molecule has 1 aromatic heterocycles. The zero-order valence-electron chi connectivity index (χ0n) is 18.2. The van der Waals surface area contributed by atoms with Gasteiger partial charge < -0.3 is 4.90 Å². The largest absolute Gasteiger partial charge is 0.339 e. The highest BCUT2D eigenvalue weighted by Gasteiger charge is 2.43. The number of benzene rings is 1. The van der Waals surface area contributed by atoms with Gasteiger partial charge in [0.25, 0.3) is 5.91 Å². The van der Waals surface area contributed by atoms with Crippen LogP contribution in [0.5, 0.6) is 0 Å². The molecule has 8 heteroatoms. The summed E-state index contributed by atoms with van der Waals surface area (Å²) in [6.45, 7) is 4.11. The molecule has 5 rings (SSSR count). The van der Waals surface area contributed by atoms with Crippen LogP contribution in [0.25, 0.3) is 5.57 Å². The van der Waals surface area contributed by atoms with Gasteiger partial charge in [-0.2, -0.15) is 5.10 Å². The highest BCUT2D eigenvalue weighted by Crippen LogP contribution is 2.37. The molecule has 32 heavy (non-hydrogen) atoms. The molecule has 2 amide bonds. The van der Waals surface area contributed by atoms with Crippen LogP contribution >= 0.6 is 11.3 Å². The van der Waals surface area contributed by atoms with E-state index in [0.717, 1.165) is 35.8 Å². The highest BCUT2D eigenvalue weighted by atomic mass is 32.1. The van der Waals surface area contributed by atoms with E-state index in [2.05, 4.69) is 40.6 Å². The molecule has 1 atom stereocenters. The lowest BCUT2D eigenvalue weighted by Gasteiger charge is -2.39. The maximum Gasteiger partial charge on any atom is 0.269 e. The minimum atomic E-state index is -0.305. The molecule has 0 aliphatic carbocycles. The van der Waals surface area contributed by atoms with Gasteiger partial charge in [-0.3, -0.25) is 24.8 Å². The van der Waals surface area contributed by atoms with Crippen LogP contribution in [0, 0.1) is 0 Å². The fourth-order valence-electron chi connectivity index (χ4n) is 4.59. The Balaban J connectivity index is 1.23. The number of hydrogen-bond donors (Lipinski definition) is 1. The number of fused-ring (bicyclic) bond motifs is 3. The smallest absolute Gasteiger partial charge is 0.269 e. The van der Waals surface area contributed by atoms with Gasteiger partial charge in [0.1, 0.15) is 10.7 Å². The monoisotopic (exact) mass is 449 g/mol. The van der Waals surface area contributed by atoms with Crippen molar-refractivity contribution in [2.24, 2.45) is 5.10 Å². The number of carbonyl (C=O) groups excluding carboxylic acids is 2. The number of rotatable bonds is 6. The Morgan fingerprint density at radius 2 is 2.09 bits per heavy atom. The fraction of sp³-hybridized carbons (Fsp3) is 0.375. The van der Waals surface area contributed by atoms with Crippen molar-refractivity contribution in [3.8, 4) is 0 Å². The van der Waals surface area contributed by atoms with E-state index in [1.54, 1.807) is 0 Å². The number of carbonyl (C=O) groups is 2. The molecule has 7 nitrogen and oxygen atoms in total. The summed E-state index contributed by atoms with van der Waals surface area (Å²) in [4.78, 5) is 32.4. The van der Waals surface area contributed by atoms with Crippen molar-refractivity contribution < 1.29 is 9.59 Å². The van der Waals surface area contributed by atoms with Crippen LogP contribution in [0.4, 0.5) is 5.69 Å². The Morgan fingerprint density at radius 3 is 2.84 bits per heavy atom. The molecule has 1 aromatic carbocycles. The van der Waals surface area contributed by atoms with Gasteiger partial charge in [0.2, 0.25) is 12.2 Å². The predicted molar refractivity (Wildman–Crippen MR) is 127 cm³/mol. The van der Waals surface area contributed by atoms with Gasteiger partial charge in [0.15, 0.2) is 0 Å². The molecule has 0 radical (unpaired) electrons. The van der Waals surface area contributed by atoms with Gasteiger partial charge in [-0.1, -0.05) is 43.3 Å². The Bertz CT molecular complexity index is 1080. The molecule has 0 spiro atoms. The van der Waals surface area contributed by atoms with Gasteiger partial charge in [0.05, 0.1) is 5.69 Å². The first-order valence-electron chi connectivity index (χ1n) is 11.2. The zero-order valence-corrected chi connectivity index (χ0v) is 19.0. The van der Waals surface area contributed by atoms with E-state index < -0.39 is 0 Å². The van der Waals surface area contributed by atoms with Gasteiger partial charge in [-0.05, 0) is 35.4 Å². The minimum absolute atomic E-state index is 0.0486. The van der Waals surface area contributed by atoms with E-state index in [1.807, 2.05) is 39.4 Å². The Hall–Kier alpha value is -3.13. The number of hydrogen-bond acceptors (Lipinski definition) is 6. The van der Waals surface area contributed by atoms with Crippen LogP contribution in [0.2, 0.25) is 0 Å². The molecule has 0 saturated heterocycles. The van der Waals surface area contributed by atoms with E-state index in [0.29, 0.717) is 25.9 Å². The Labute approximate surface area is 192 Å². The van der Waals surface area contributed by atoms with Crippen molar-refractivity contribution >= 4 is 40.2 Å². The van der Waals surface area contributed by atoms with E-state index in [9.17, 15) is 9.59 Å². The topological polar surface area (TPSA) is 68.2 Å². The first kappa shape index (κ1) is 20.8. The molecular weight excluding hydrogens is 422 g/mol. The molecular formula is C24H27N5O2S.